The molecule has 2 amide bonds. The summed E-state index contributed by atoms with van der Waals surface area (Å²) in [5.74, 6) is 0.331. The summed E-state index contributed by atoms with van der Waals surface area (Å²) in [5, 5.41) is 7.53. The maximum Gasteiger partial charge on any atom is 0.237 e. The fourth-order valence-electron chi connectivity index (χ4n) is 6.62. The Morgan fingerprint density at radius 2 is 1.70 bits per heavy atom. The Balaban J connectivity index is 1.09. The Hall–Kier alpha value is -3.61. The maximum absolute atomic E-state index is 13.4. The van der Waals surface area contributed by atoms with Crippen molar-refractivity contribution in [3.05, 3.63) is 112 Å². The summed E-state index contributed by atoms with van der Waals surface area (Å²) in [4.78, 5) is 30.1. The molecule has 2 N–H and O–H groups in total. The third-order valence-corrected chi connectivity index (χ3v) is 9.35. The number of benzene rings is 3. The van der Waals surface area contributed by atoms with Crippen molar-refractivity contribution in [3.8, 4) is 0 Å². The van der Waals surface area contributed by atoms with Crippen molar-refractivity contribution in [1.82, 2.24) is 15.5 Å². The van der Waals surface area contributed by atoms with E-state index in [9.17, 15) is 9.59 Å². The molecule has 3 aliphatic rings. The number of piperidine rings is 1. The molecule has 0 unspecified atom stereocenters. The van der Waals surface area contributed by atoms with Gasteiger partial charge in [-0.2, -0.15) is 0 Å². The molecule has 3 aromatic carbocycles. The number of hydrogen-bond donors (Lipinski definition) is 2. The summed E-state index contributed by atoms with van der Waals surface area (Å²) in [6, 6.07) is 24.6. The fourth-order valence-corrected chi connectivity index (χ4v) is 6.74. The molecule has 43 heavy (non-hydrogen) atoms. The summed E-state index contributed by atoms with van der Waals surface area (Å²) in [7, 11) is 0. The van der Waals surface area contributed by atoms with Crippen LogP contribution in [0.1, 0.15) is 54.4 Å². The third-order valence-electron chi connectivity index (χ3n) is 9.10. The van der Waals surface area contributed by atoms with Crippen LogP contribution in [0.5, 0.6) is 0 Å². The molecule has 3 heterocycles. The highest BCUT2D eigenvalue weighted by Crippen LogP contribution is 2.28. The van der Waals surface area contributed by atoms with Gasteiger partial charge >= 0.3 is 0 Å². The lowest BCUT2D eigenvalue weighted by Crippen LogP contribution is -2.50. The maximum atomic E-state index is 13.4. The van der Waals surface area contributed by atoms with Crippen molar-refractivity contribution in [2.24, 2.45) is 0 Å². The first-order valence-electron chi connectivity index (χ1n) is 15.7. The van der Waals surface area contributed by atoms with Gasteiger partial charge < -0.3 is 20.4 Å². The summed E-state index contributed by atoms with van der Waals surface area (Å²) in [5.41, 5.74) is 7.61. The second-order valence-electron chi connectivity index (χ2n) is 12.1. The van der Waals surface area contributed by atoms with Crippen LogP contribution in [0.15, 0.2) is 84.4 Å². The minimum Gasteiger partial charge on any atom is -0.371 e. The van der Waals surface area contributed by atoms with Crippen LogP contribution in [-0.2, 0) is 35.5 Å². The molecule has 2 fully saturated rings. The predicted molar refractivity (Wildman–Crippen MR) is 173 cm³/mol. The van der Waals surface area contributed by atoms with E-state index in [4.69, 9.17) is 11.6 Å². The Bertz CT molecular complexity index is 1460. The number of anilines is 1. The monoisotopic (exact) mass is 596 g/mol. The van der Waals surface area contributed by atoms with Gasteiger partial charge in [-0.3, -0.25) is 9.59 Å². The van der Waals surface area contributed by atoms with Gasteiger partial charge in [-0.25, -0.2) is 0 Å². The van der Waals surface area contributed by atoms with Crippen LogP contribution in [0, 0.1) is 0 Å². The average Bonchev–Trinajstić information content (AvgIpc) is 3.45. The average molecular weight is 597 g/mol. The van der Waals surface area contributed by atoms with Crippen LogP contribution in [0.4, 0.5) is 5.69 Å². The number of carbonyl (C=O) groups is 2. The number of fused-ring (bicyclic) bond motifs is 1. The van der Waals surface area contributed by atoms with Crippen LogP contribution in [-0.4, -0.2) is 48.4 Å². The lowest BCUT2D eigenvalue weighted by atomic mass is 9.94. The standard InChI is InChI=1S/C36H41ClN4O2/c37-31-14-11-27(12-15-31)22-32(39-36(43)33-23-28-6-1-2-7-29(28)24-38-33)16-13-26-17-20-40(21-18-26)34-9-4-3-8-30(34)25-41-19-5-10-35(41)42/h1-4,6-9,11-15,32-33,38H,5,10,16-25H2,(H,39,43)/t32-,33-/m1/s1. The summed E-state index contributed by atoms with van der Waals surface area (Å²) >= 11 is 6.14. The third kappa shape index (κ3) is 7.49. The molecule has 0 spiro atoms. The highest BCUT2D eigenvalue weighted by atomic mass is 35.5. The highest BCUT2D eigenvalue weighted by Gasteiger charge is 2.26. The fraction of sp³-hybridized carbons (Fsp3) is 0.389. The lowest BCUT2D eigenvalue weighted by molar-refractivity contribution is -0.128. The zero-order valence-electron chi connectivity index (χ0n) is 24.7. The van der Waals surface area contributed by atoms with E-state index in [0.29, 0.717) is 25.9 Å². The molecule has 6 rings (SSSR count). The van der Waals surface area contributed by atoms with Crippen LogP contribution >= 0.6 is 11.6 Å². The van der Waals surface area contributed by atoms with Gasteiger partial charge in [0.25, 0.3) is 0 Å². The quantitative estimate of drug-likeness (QED) is 0.306. The van der Waals surface area contributed by atoms with Gasteiger partial charge in [0.2, 0.25) is 11.8 Å². The zero-order valence-corrected chi connectivity index (χ0v) is 25.5. The van der Waals surface area contributed by atoms with Crippen LogP contribution in [0.25, 0.3) is 0 Å². The van der Waals surface area contributed by atoms with E-state index in [-0.39, 0.29) is 23.9 Å². The molecule has 7 heteroatoms. The molecule has 6 nitrogen and oxygen atoms in total. The number of carbonyl (C=O) groups excluding carboxylic acids is 2. The minimum absolute atomic E-state index is 0.00287. The van der Waals surface area contributed by atoms with Crippen molar-refractivity contribution in [3.63, 3.8) is 0 Å². The summed E-state index contributed by atoms with van der Waals surface area (Å²) in [6.07, 6.45) is 8.25. The molecule has 2 atom stereocenters. The Morgan fingerprint density at radius 3 is 2.47 bits per heavy atom. The zero-order chi connectivity index (χ0) is 29.6. The minimum atomic E-state index is -0.227. The molecule has 0 aliphatic carbocycles. The first-order valence-corrected chi connectivity index (χ1v) is 16.0. The first kappa shape index (κ1) is 29.5. The van der Waals surface area contributed by atoms with E-state index in [1.54, 1.807) is 0 Å². The second kappa shape index (κ2) is 13.8. The molecular formula is C36H41ClN4O2. The first-order chi connectivity index (χ1) is 21.0. The van der Waals surface area contributed by atoms with Gasteiger partial charge in [-0.15, -0.1) is 0 Å². The molecule has 0 bridgehead atoms. The Kier molecular flexibility index (Phi) is 9.45. The molecule has 224 valence electrons. The van der Waals surface area contributed by atoms with Crippen LogP contribution in [0.3, 0.4) is 0 Å². The lowest BCUT2D eigenvalue weighted by Gasteiger charge is -2.33. The van der Waals surface area contributed by atoms with Crippen molar-refractivity contribution in [2.45, 2.75) is 70.1 Å². The number of hydrogen-bond acceptors (Lipinski definition) is 4. The molecule has 3 aliphatic heterocycles. The largest absolute Gasteiger partial charge is 0.371 e. The number of para-hydroxylation sites is 1. The van der Waals surface area contributed by atoms with E-state index in [1.807, 2.05) is 23.1 Å². The smallest absolute Gasteiger partial charge is 0.237 e. The number of nitrogens with zero attached hydrogens (tertiary/aromatic N) is 2. The van der Waals surface area contributed by atoms with Crippen molar-refractivity contribution in [1.29, 1.82) is 0 Å². The molecule has 3 aromatic rings. The normalized spacial score (nSPS) is 19.2. The van der Waals surface area contributed by atoms with Gasteiger partial charge in [-0.1, -0.05) is 77.8 Å². The number of rotatable bonds is 9. The van der Waals surface area contributed by atoms with Crippen LogP contribution < -0.4 is 15.5 Å². The number of amides is 2. The Morgan fingerprint density at radius 1 is 0.953 bits per heavy atom. The van der Waals surface area contributed by atoms with Gasteiger partial charge in [0.1, 0.15) is 0 Å². The van der Waals surface area contributed by atoms with Gasteiger partial charge in [-0.05, 0) is 79.0 Å². The summed E-state index contributed by atoms with van der Waals surface area (Å²) in [6.45, 7) is 4.18. The van der Waals surface area contributed by atoms with Gasteiger partial charge in [0, 0.05) is 55.9 Å². The molecule has 0 radical (unpaired) electrons. The van der Waals surface area contributed by atoms with Crippen molar-refractivity contribution in [2.75, 3.05) is 24.5 Å². The van der Waals surface area contributed by atoms with E-state index < -0.39 is 0 Å². The van der Waals surface area contributed by atoms with Gasteiger partial charge in [0.15, 0.2) is 0 Å². The van der Waals surface area contributed by atoms with Crippen LogP contribution in [0.2, 0.25) is 5.02 Å². The molecular weight excluding hydrogens is 556 g/mol. The molecule has 0 aromatic heterocycles. The molecule has 0 saturated carbocycles. The predicted octanol–water partition coefficient (Wildman–Crippen LogP) is 5.82. The second-order valence-corrected chi connectivity index (χ2v) is 12.5. The van der Waals surface area contributed by atoms with E-state index in [0.717, 1.165) is 62.3 Å². The number of nitrogens with one attached hydrogen (secondary N) is 2. The van der Waals surface area contributed by atoms with E-state index in [2.05, 4.69) is 76.2 Å². The summed E-state index contributed by atoms with van der Waals surface area (Å²) < 4.78 is 0. The number of halogens is 1. The topological polar surface area (TPSA) is 64.7 Å². The van der Waals surface area contributed by atoms with E-state index >= 15 is 0 Å². The van der Waals surface area contributed by atoms with E-state index in [1.165, 1.54) is 28.0 Å². The Labute approximate surface area is 260 Å². The van der Waals surface area contributed by atoms with Gasteiger partial charge in [0.05, 0.1) is 6.04 Å². The SMILES string of the molecule is O=C(N[C@H](CC=C1CCN(c2ccccc2CN2CCCC2=O)CC1)Cc1ccc(Cl)cc1)[C@H]1Cc2ccccc2CN1. The highest BCUT2D eigenvalue weighted by molar-refractivity contribution is 6.30. The molecule has 2 saturated heterocycles. The van der Waals surface area contributed by atoms with Crippen molar-refractivity contribution < 1.29 is 9.59 Å². The number of likely N-dealkylation sites (tertiary alicyclic amines) is 1. The van der Waals surface area contributed by atoms with Crippen molar-refractivity contribution >= 4 is 29.1 Å².